The molecule has 34 heavy (non-hydrogen) atoms. The molecule has 172 valence electrons. The molecule has 4 aromatic heterocycles. The summed E-state index contributed by atoms with van der Waals surface area (Å²) in [6, 6.07) is 11.4. The van der Waals surface area contributed by atoms with Crippen LogP contribution in [0.15, 0.2) is 47.1 Å². The fourth-order valence-electron chi connectivity index (χ4n) is 3.91. The second-order valence-electron chi connectivity index (χ2n) is 8.01. The van der Waals surface area contributed by atoms with Gasteiger partial charge in [0.15, 0.2) is 11.6 Å². The number of aromatic nitrogens is 6. The fourth-order valence-corrected chi connectivity index (χ4v) is 3.91. The van der Waals surface area contributed by atoms with Crippen LogP contribution in [0, 0.1) is 18.8 Å². The molecule has 0 amide bonds. The average Bonchev–Trinajstić information content (AvgIpc) is 3.60. The minimum absolute atomic E-state index is 0.0223. The van der Waals surface area contributed by atoms with Gasteiger partial charge in [0.1, 0.15) is 17.2 Å². The number of nitrogens with zero attached hydrogens (tertiary/aromatic N) is 6. The standard InChI is InChI=1S/C24H25N9O/c1-16-13-23(31-30-16)28-22-14-17(7-5-10-25-2)27-24(29-22)33-12-6-9-20(33)21-15-19(32-34-21)18-8-3-4-11-26-18/h3-4,8,11,13-15,20,25H,6,9-10,12H2,1-2H3,(H2,27,28,29,30,31)/t20-/m0/s1. The highest BCUT2D eigenvalue weighted by atomic mass is 16.5. The van der Waals surface area contributed by atoms with E-state index in [1.807, 2.05) is 50.4 Å². The minimum atomic E-state index is -0.0223. The number of hydrogen-bond acceptors (Lipinski definition) is 9. The predicted molar refractivity (Wildman–Crippen MR) is 128 cm³/mol. The maximum atomic E-state index is 5.74. The van der Waals surface area contributed by atoms with Gasteiger partial charge >= 0.3 is 0 Å². The van der Waals surface area contributed by atoms with Crippen LogP contribution in [0.3, 0.4) is 0 Å². The van der Waals surface area contributed by atoms with E-state index < -0.39 is 0 Å². The lowest BCUT2D eigenvalue weighted by Crippen LogP contribution is -2.25. The zero-order valence-electron chi connectivity index (χ0n) is 19.0. The Balaban J connectivity index is 1.46. The second kappa shape index (κ2) is 9.72. The number of aromatic amines is 1. The number of hydrogen-bond donors (Lipinski definition) is 3. The van der Waals surface area contributed by atoms with Crippen molar-refractivity contribution in [3.63, 3.8) is 0 Å². The molecule has 0 aromatic carbocycles. The molecule has 0 spiro atoms. The van der Waals surface area contributed by atoms with Crippen molar-refractivity contribution >= 4 is 17.6 Å². The van der Waals surface area contributed by atoms with Crippen LogP contribution in [-0.4, -0.2) is 50.4 Å². The lowest BCUT2D eigenvalue weighted by molar-refractivity contribution is 0.362. The molecule has 0 saturated carbocycles. The maximum absolute atomic E-state index is 5.74. The summed E-state index contributed by atoms with van der Waals surface area (Å²) >= 11 is 0. The number of rotatable bonds is 6. The van der Waals surface area contributed by atoms with Crippen molar-refractivity contribution < 1.29 is 4.52 Å². The topological polar surface area (TPSA) is 121 Å². The Bertz CT molecular complexity index is 1320. The first-order valence-corrected chi connectivity index (χ1v) is 11.2. The first-order valence-electron chi connectivity index (χ1n) is 11.2. The van der Waals surface area contributed by atoms with Crippen molar-refractivity contribution in [2.24, 2.45) is 0 Å². The van der Waals surface area contributed by atoms with Crippen LogP contribution in [0.2, 0.25) is 0 Å². The van der Waals surface area contributed by atoms with Gasteiger partial charge in [0.2, 0.25) is 5.95 Å². The minimum Gasteiger partial charge on any atom is -0.358 e. The molecule has 1 aliphatic rings. The highest BCUT2D eigenvalue weighted by Gasteiger charge is 2.32. The Morgan fingerprint density at radius 3 is 2.91 bits per heavy atom. The Hall–Kier alpha value is -4.23. The lowest BCUT2D eigenvalue weighted by atomic mass is 10.1. The van der Waals surface area contributed by atoms with Crippen LogP contribution in [0.5, 0.6) is 0 Å². The molecule has 3 N–H and O–H groups in total. The van der Waals surface area contributed by atoms with Gasteiger partial charge in [0.25, 0.3) is 0 Å². The largest absolute Gasteiger partial charge is 0.358 e. The van der Waals surface area contributed by atoms with Gasteiger partial charge in [-0.1, -0.05) is 17.1 Å². The molecule has 10 heteroatoms. The van der Waals surface area contributed by atoms with E-state index in [-0.39, 0.29) is 6.04 Å². The van der Waals surface area contributed by atoms with Crippen molar-refractivity contribution in [1.82, 2.24) is 35.6 Å². The highest BCUT2D eigenvalue weighted by Crippen LogP contribution is 2.36. The summed E-state index contributed by atoms with van der Waals surface area (Å²) in [6.45, 7) is 3.32. The van der Waals surface area contributed by atoms with Crippen LogP contribution >= 0.6 is 0 Å². The molecule has 0 unspecified atom stereocenters. The normalized spacial score (nSPS) is 15.2. The zero-order chi connectivity index (χ0) is 23.3. The third-order valence-electron chi connectivity index (χ3n) is 5.45. The Labute approximate surface area is 197 Å². The zero-order valence-corrected chi connectivity index (χ0v) is 19.0. The second-order valence-corrected chi connectivity index (χ2v) is 8.01. The third kappa shape index (κ3) is 4.74. The molecule has 1 fully saturated rings. The van der Waals surface area contributed by atoms with Crippen LogP contribution in [0.1, 0.15) is 36.0 Å². The van der Waals surface area contributed by atoms with Gasteiger partial charge in [0, 0.05) is 36.6 Å². The molecule has 10 nitrogen and oxygen atoms in total. The van der Waals surface area contributed by atoms with E-state index in [1.165, 1.54) is 0 Å². The number of H-pyrrole nitrogens is 1. The number of aryl methyl sites for hydroxylation is 1. The SMILES string of the molecule is CNCC#Cc1cc(Nc2cc(C)[nH]n2)nc(N2CCC[C@H]2c2cc(-c3ccccn3)no2)n1. The first-order chi connectivity index (χ1) is 16.7. The molecule has 1 saturated heterocycles. The van der Waals surface area contributed by atoms with E-state index >= 15 is 0 Å². The van der Waals surface area contributed by atoms with Crippen LogP contribution in [-0.2, 0) is 0 Å². The Kier molecular flexibility index (Phi) is 6.18. The smallest absolute Gasteiger partial charge is 0.229 e. The van der Waals surface area contributed by atoms with Crippen molar-refractivity contribution in [2.45, 2.75) is 25.8 Å². The summed E-state index contributed by atoms with van der Waals surface area (Å²) < 4.78 is 5.74. The molecule has 0 aliphatic carbocycles. The number of pyridine rings is 1. The number of anilines is 3. The van der Waals surface area contributed by atoms with Crippen molar-refractivity contribution in [3.8, 4) is 23.2 Å². The van der Waals surface area contributed by atoms with Gasteiger partial charge in [-0.05, 0) is 44.9 Å². The molecule has 4 aromatic rings. The third-order valence-corrected chi connectivity index (χ3v) is 5.45. The average molecular weight is 456 g/mol. The van der Waals surface area contributed by atoms with E-state index in [9.17, 15) is 0 Å². The summed E-state index contributed by atoms with van der Waals surface area (Å²) in [6.07, 6.45) is 3.65. The summed E-state index contributed by atoms with van der Waals surface area (Å²) in [7, 11) is 1.86. The van der Waals surface area contributed by atoms with Gasteiger partial charge in [0.05, 0.1) is 18.3 Å². The summed E-state index contributed by atoms with van der Waals surface area (Å²) in [5, 5.41) is 17.7. The van der Waals surface area contributed by atoms with Crippen LogP contribution in [0.4, 0.5) is 17.6 Å². The first kappa shape index (κ1) is 21.6. The maximum Gasteiger partial charge on any atom is 0.229 e. The molecule has 0 bridgehead atoms. The van der Waals surface area contributed by atoms with Crippen molar-refractivity contribution in [1.29, 1.82) is 0 Å². The summed E-state index contributed by atoms with van der Waals surface area (Å²) in [4.78, 5) is 16.0. The molecule has 1 aliphatic heterocycles. The molecule has 0 radical (unpaired) electrons. The molecular weight excluding hydrogens is 430 g/mol. The van der Waals surface area contributed by atoms with Gasteiger partial charge < -0.3 is 20.1 Å². The van der Waals surface area contributed by atoms with E-state index in [1.54, 1.807) is 6.20 Å². The molecular formula is C24H25N9O. The molecule has 1 atom stereocenters. The Morgan fingerprint density at radius 2 is 2.12 bits per heavy atom. The van der Waals surface area contributed by atoms with Gasteiger partial charge in [-0.15, -0.1) is 0 Å². The van der Waals surface area contributed by atoms with Crippen molar-refractivity contribution in [2.75, 3.05) is 30.4 Å². The van der Waals surface area contributed by atoms with Crippen molar-refractivity contribution in [3.05, 3.63) is 59.7 Å². The van der Waals surface area contributed by atoms with Gasteiger partial charge in [-0.2, -0.15) is 10.1 Å². The van der Waals surface area contributed by atoms with E-state index in [0.29, 0.717) is 35.5 Å². The monoisotopic (exact) mass is 455 g/mol. The van der Waals surface area contributed by atoms with Crippen LogP contribution in [0.25, 0.3) is 11.4 Å². The van der Waals surface area contributed by atoms with Gasteiger partial charge in [-0.25, -0.2) is 4.98 Å². The summed E-state index contributed by atoms with van der Waals surface area (Å²) in [5.41, 5.74) is 3.08. The number of nitrogens with one attached hydrogen (secondary N) is 3. The molecule has 5 rings (SSSR count). The Morgan fingerprint density at radius 1 is 1.18 bits per heavy atom. The lowest BCUT2D eigenvalue weighted by Gasteiger charge is -2.23. The highest BCUT2D eigenvalue weighted by molar-refractivity contribution is 5.57. The van der Waals surface area contributed by atoms with E-state index in [0.717, 1.165) is 36.5 Å². The fraction of sp³-hybridized carbons (Fsp3) is 0.292. The molecule has 5 heterocycles. The quantitative estimate of drug-likeness (QED) is 0.376. The predicted octanol–water partition coefficient (Wildman–Crippen LogP) is 3.21. The van der Waals surface area contributed by atoms with Crippen LogP contribution < -0.4 is 15.5 Å². The van der Waals surface area contributed by atoms with E-state index in [2.05, 4.69) is 47.7 Å². The summed E-state index contributed by atoms with van der Waals surface area (Å²) in [5.74, 6) is 8.86. The van der Waals surface area contributed by atoms with Gasteiger partial charge in [-0.3, -0.25) is 10.1 Å². The van der Waals surface area contributed by atoms with E-state index in [4.69, 9.17) is 14.5 Å².